The molecule has 9 heteroatoms. The minimum absolute atomic E-state index is 0.0559. The van der Waals surface area contributed by atoms with Gasteiger partial charge < -0.3 is 16.0 Å². The number of halogens is 3. The van der Waals surface area contributed by atoms with E-state index in [1.165, 1.54) is 0 Å². The molecular weight excluding hydrogens is 333 g/mol. The molecule has 1 saturated carbocycles. The van der Waals surface area contributed by atoms with Crippen LogP contribution in [0.1, 0.15) is 29.7 Å². The van der Waals surface area contributed by atoms with E-state index in [2.05, 4.69) is 30.9 Å². The predicted molar refractivity (Wildman–Crippen MR) is 86.6 cm³/mol. The summed E-state index contributed by atoms with van der Waals surface area (Å²) < 4.78 is 39.3. The summed E-state index contributed by atoms with van der Waals surface area (Å²) in [5.74, 6) is -0.0678. The molecule has 2 aliphatic rings. The van der Waals surface area contributed by atoms with Gasteiger partial charge in [0.1, 0.15) is 11.4 Å². The third kappa shape index (κ3) is 3.65. The lowest BCUT2D eigenvalue weighted by Crippen LogP contribution is -2.24. The van der Waals surface area contributed by atoms with Crippen LogP contribution in [0, 0.1) is 0 Å². The van der Waals surface area contributed by atoms with Gasteiger partial charge in [0.25, 0.3) is 0 Å². The average molecular weight is 350 g/mol. The largest absolute Gasteiger partial charge is 0.421 e. The minimum atomic E-state index is -4.49. The molecule has 2 aromatic rings. The van der Waals surface area contributed by atoms with Crippen molar-refractivity contribution in [1.82, 2.24) is 20.3 Å². The topological polar surface area (TPSA) is 74.8 Å². The number of rotatable bonds is 4. The van der Waals surface area contributed by atoms with Crippen molar-refractivity contribution >= 4 is 17.5 Å². The lowest BCUT2D eigenvalue weighted by atomic mass is 10.1. The molecule has 0 unspecified atom stereocenters. The molecule has 0 atom stereocenters. The maximum absolute atomic E-state index is 13.1. The number of nitrogens with one attached hydrogen (secondary N) is 3. The van der Waals surface area contributed by atoms with E-state index < -0.39 is 11.7 Å². The summed E-state index contributed by atoms with van der Waals surface area (Å²) in [6.07, 6.45) is 0.543. The maximum atomic E-state index is 13.1. The van der Waals surface area contributed by atoms with Gasteiger partial charge >= 0.3 is 6.18 Å². The van der Waals surface area contributed by atoms with Gasteiger partial charge in [-0.25, -0.2) is 4.98 Å². The van der Waals surface area contributed by atoms with Crippen molar-refractivity contribution < 1.29 is 13.2 Å². The predicted octanol–water partition coefficient (Wildman–Crippen LogP) is 2.85. The van der Waals surface area contributed by atoms with E-state index in [1.54, 1.807) is 6.20 Å². The molecule has 0 spiro atoms. The molecule has 6 nitrogen and oxygen atoms in total. The second kappa shape index (κ2) is 6.14. The fourth-order valence-electron chi connectivity index (χ4n) is 2.72. The smallest absolute Gasteiger partial charge is 0.367 e. The first-order chi connectivity index (χ1) is 12.0. The summed E-state index contributed by atoms with van der Waals surface area (Å²) in [6.45, 7) is 1.62. The molecule has 4 rings (SSSR count). The SMILES string of the molecule is FC(F)(F)c1cnc(Nc2cnc3c(c2)CNCC3)nc1NC1CC1. The van der Waals surface area contributed by atoms with Gasteiger partial charge in [0.15, 0.2) is 0 Å². The van der Waals surface area contributed by atoms with Crippen LogP contribution in [-0.2, 0) is 19.1 Å². The molecule has 25 heavy (non-hydrogen) atoms. The molecule has 3 N–H and O–H groups in total. The van der Waals surface area contributed by atoms with Crippen LogP contribution >= 0.6 is 0 Å². The maximum Gasteiger partial charge on any atom is 0.421 e. The van der Waals surface area contributed by atoms with Crippen LogP contribution in [0.2, 0.25) is 0 Å². The van der Waals surface area contributed by atoms with Crippen molar-refractivity contribution in [1.29, 1.82) is 0 Å². The zero-order valence-corrected chi connectivity index (χ0v) is 13.3. The van der Waals surface area contributed by atoms with E-state index in [-0.39, 0.29) is 17.8 Å². The number of hydrogen-bond acceptors (Lipinski definition) is 6. The summed E-state index contributed by atoms with van der Waals surface area (Å²) in [5, 5.41) is 9.04. The summed E-state index contributed by atoms with van der Waals surface area (Å²) >= 11 is 0. The van der Waals surface area contributed by atoms with Crippen LogP contribution in [0.3, 0.4) is 0 Å². The number of fused-ring (bicyclic) bond motifs is 1. The number of aromatic nitrogens is 3. The lowest BCUT2D eigenvalue weighted by Gasteiger charge is -2.17. The summed E-state index contributed by atoms with van der Waals surface area (Å²) in [7, 11) is 0. The third-order valence-electron chi connectivity index (χ3n) is 4.18. The monoisotopic (exact) mass is 350 g/mol. The Morgan fingerprint density at radius 2 is 2.00 bits per heavy atom. The average Bonchev–Trinajstić information content (AvgIpc) is 3.38. The first kappa shape index (κ1) is 16.1. The molecule has 132 valence electrons. The van der Waals surface area contributed by atoms with Crippen LogP contribution in [0.15, 0.2) is 18.5 Å². The van der Waals surface area contributed by atoms with Gasteiger partial charge in [-0.3, -0.25) is 4.98 Å². The van der Waals surface area contributed by atoms with Gasteiger partial charge in [0, 0.05) is 37.4 Å². The third-order valence-corrected chi connectivity index (χ3v) is 4.18. The summed E-state index contributed by atoms with van der Waals surface area (Å²) in [4.78, 5) is 12.2. The van der Waals surface area contributed by atoms with Crippen LogP contribution < -0.4 is 16.0 Å². The van der Waals surface area contributed by atoms with Crippen molar-refractivity contribution in [2.24, 2.45) is 0 Å². The zero-order valence-electron chi connectivity index (χ0n) is 13.3. The van der Waals surface area contributed by atoms with Crippen molar-refractivity contribution in [3.05, 3.63) is 35.3 Å². The minimum Gasteiger partial charge on any atom is -0.367 e. The van der Waals surface area contributed by atoms with Crippen molar-refractivity contribution in [3.8, 4) is 0 Å². The van der Waals surface area contributed by atoms with Gasteiger partial charge in [0.05, 0.1) is 11.9 Å². The van der Waals surface area contributed by atoms with E-state index in [1.807, 2.05) is 6.07 Å². The number of pyridine rings is 1. The second-order valence-corrected chi connectivity index (χ2v) is 6.25. The fraction of sp³-hybridized carbons (Fsp3) is 0.438. The Labute approximate surface area is 142 Å². The quantitative estimate of drug-likeness (QED) is 0.787. The highest BCUT2D eigenvalue weighted by Crippen LogP contribution is 2.36. The van der Waals surface area contributed by atoms with E-state index in [9.17, 15) is 13.2 Å². The Morgan fingerprint density at radius 3 is 2.76 bits per heavy atom. The van der Waals surface area contributed by atoms with Gasteiger partial charge in [-0.15, -0.1) is 0 Å². The van der Waals surface area contributed by atoms with Crippen LogP contribution in [0.25, 0.3) is 0 Å². The molecule has 3 heterocycles. The lowest BCUT2D eigenvalue weighted by molar-refractivity contribution is -0.137. The molecule has 0 radical (unpaired) electrons. The standard InChI is InChI=1S/C16H17F3N6/c17-16(18,19)12-8-22-15(25-14(12)23-10-1-2-10)24-11-5-9-6-20-4-3-13(9)21-7-11/h5,7-8,10,20H,1-4,6H2,(H2,22,23,24,25). The van der Waals surface area contributed by atoms with Gasteiger partial charge in [-0.1, -0.05) is 0 Å². The van der Waals surface area contributed by atoms with Crippen LogP contribution in [0.5, 0.6) is 0 Å². The summed E-state index contributed by atoms with van der Waals surface area (Å²) in [5.41, 5.74) is 1.91. The molecule has 0 bridgehead atoms. The normalized spacial score (nSPS) is 17.1. The number of anilines is 3. The number of nitrogens with zero attached hydrogens (tertiary/aromatic N) is 3. The highest BCUT2D eigenvalue weighted by Gasteiger charge is 2.36. The molecule has 0 saturated heterocycles. The Balaban J connectivity index is 1.59. The Hall–Kier alpha value is -2.42. The number of hydrogen-bond donors (Lipinski definition) is 3. The van der Waals surface area contributed by atoms with Crippen molar-refractivity contribution in [2.75, 3.05) is 17.2 Å². The zero-order chi connectivity index (χ0) is 17.4. The van der Waals surface area contributed by atoms with Crippen LogP contribution in [0.4, 0.5) is 30.6 Å². The molecule has 0 aromatic carbocycles. The van der Waals surface area contributed by atoms with Crippen molar-refractivity contribution in [3.63, 3.8) is 0 Å². The van der Waals surface area contributed by atoms with Gasteiger partial charge in [0.2, 0.25) is 5.95 Å². The van der Waals surface area contributed by atoms with Crippen LogP contribution in [-0.4, -0.2) is 27.5 Å². The molecule has 1 aliphatic heterocycles. The van der Waals surface area contributed by atoms with Gasteiger partial charge in [-0.2, -0.15) is 18.2 Å². The highest BCUT2D eigenvalue weighted by atomic mass is 19.4. The van der Waals surface area contributed by atoms with E-state index in [0.717, 1.165) is 49.8 Å². The van der Waals surface area contributed by atoms with E-state index >= 15 is 0 Å². The highest BCUT2D eigenvalue weighted by molar-refractivity contribution is 5.57. The van der Waals surface area contributed by atoms with E-state index in [4.69, 9.17) is 0 Å². The molecule has 1 fully saturated rings. The Morgan fingerprint density at radius 1 is 1.16 bits per heavy atom. The first-order valence-electron chi connectivity index (χ1n) is 8.15. The van der Waals surface area contributed by atoms with Crippen molar-refractivity contribution in [2.45, 2.75) is 38.0 Å². The second-order valence-electron chi connectivity index (χ2n) is 6.25. The molecule has 1 aliphatic carbocycles. The molecule has 0 amide bonds. The first-order valence-corrected chi connectivity index (χ1v) is 8.15. The van der Waals surface area contributed by atoms with Gasteiger partial charge in [-0.05, 0) is 24.5 Å². The van der Waals surface area contributed by atoms with E-state index in [0.29, 0.717) is 5.69 Å². The summed E-state index contributed by atoms with van der Waals surface area (Å²) in [6, 6.07) is 1.98. The molecular formula is C16H17F3N6. The fourth-order valence-corrected chi connectivity index (χ4v) is 2.72. The Bertz CT molecular complexity index is 788. The molecule has 2 aromatic heterocycles. The Kier molecular flexibility index (Phi) is 3.95. The number of alkyl halides is 3.